The first-order valence-electron chi connectivity index (χ1n) is 6.09. The molecule has 2 aliphatic heterocycles. The number of hydrogen-bond acceptors (Lipinski definition) is 3. The second-order valence-corrected chi connectivity index (χ2v) is 5.91. The van der Waals surface area contributed by atoms with Crippen molar-refractivity contribution in [2.45, 2.75) is 45.3 Å². The highest BCUT2D eigenvalue weighted by atomic mass is 16.6. The number of likely N-dealkylation sites (tertiary alicyclic amines) is 1. The van der Waals surface area contributed by atoms with Crippen LogP contribution in [0.1, 0.15) is 34.1 Å². The zero-order chi connectivity index (χ0) is 12.0. The van der Waals surface area contributed by atoms with Gasteiger partial charge in [-0.3, -0.25) is 4.90 Å². The molecule has 0 aromatic rings. The third-order valence-corrected chi connectivity index (χ3v) is 3.69. The highest BCUT2D eigenvalue weighted by Crippen LogP contribution is 2.36. The minimum atomic E-state index is -0.184. The Morgan fingerprint density at radius 3 is 2.44 bits per heavy atom. The highest BCUT2D eigenvalue weighted by Gasteiger charge is 2.52. The van der Waals surface area contributed by atoms with E-state index >= 15 is 0 Å². The average molecular weight is 226 g/mol. The molecular weight excluding hydrogens is 204 g/mol. The number of rotatable bonds is 1. The summed E-state index contributed by atoms with van der Waals surface area (Å²) in [5.41, 5.74) is -0.00438. The van der Waals surface area contributed by atoms with Crippen LogP contribution in [-0.4, -0.2) is 53.2 Å². The van der Waals surface area contributed by atoms with E-state index in [0.29, 0.717) is 0 Å². The molecule has 1 spiro atoms. The van der Waals surface area contributed by atoms with Gasteiger partial charge in [-0.1, -0.05) is 0 Å². The molecule has 2 fully saturated rings. The van der Waals surface area contributed by atoms with Gasteiger partial charge in [-0.25, -0.2) is 4.79 Å². The summed E-state index contributed by atoms with van der Waals surface area (Å²) < 4.78 is 5.58. The average Bonchev–Trinajstić information content (AvgIpc) is 2.12. The smallest absolute Gasteiger partial charge is 0.410 e. The molecule has 0 atom stereocenters. The van der Waals surface area contributed by atoms with Crippen LogP contribution in [-0.2, 0) is 4.74 Å². The molecule has 0 aromatic heterocycles. The fourth-order valence-corrected chi connectivity index (χ4v) is 2.36. The van der Waals surface area contributed by atoms with E-state index in [4.69, 9.17) is 4.74 Å². The Bertz CT molecular complexity index is 290. The van der Waals surface area contributed by atoms with E-state index in [-0.39, 0.29) is 17.2 Å². The molecule has 0 aliphatic carbocycles. The van der Waals surface area contributed by atoms with Gasteiger partial charge in [0.15, 0.2) is 0 Å². The second kappa shape index (κ2) is 3.62. The molecule has 92 valence electrons. The third-order valence-electron chi connectivity index (χ3n) is 3.69. The fraction of sp³-hybridized carbons (Fsp3) is 0.917. The van der Waals surface area contributed by atoms with Crippen molar-refractivity contribution in [1.29, 1.82) is 0 Å². The molecule has 1 amide bonds. The van der Waals surface area contributed by atoms with Crippen LogP contribution >= 0.6 is 0 Å². The monoisotopic (exact) mass is 226 g/mol. The summed E-state index contributed by atoms with van der Waals surface area (Å²) in [7, 11) is 0. The fourth-order valence-electron chi connectivity index (χ4n) is 2.36. The predicted molar refractivity (Wildman–Crippen MR) is 62.4 cm³/mol. The van der Waals surface area contributed by atoms with Crippen LogP contribution in [0.15, 0.2) is 0 Å². The highest BCUT2D eigenvalue weighted by molar-refractivity contribution is 5.69. The van der Waals surface area contributed by atoms with E-state index in [1.54, 1.807) is 4.90 Å². The van der Waals surface area contributed by atoms with E-state index < -0.39 is 0 Å². The largest absolute Gasteiger partial charge is 0.440 e. The van der Waals surface area contributed by atoms with Crippen LogP contribution in [0.5, 0.6) is 0 Å². The summed E-state index contributed by atoms with van der Waals surface area (Å²) in [6.45, 7) is 11.9. The van der Waals surface area contributed by atoms with Gasteiger partial charge in [0.2, 0.25) is 0 Å². The molecule has 4 heteroatoms. The number of amides is 1. The lowest BCUT2D eigenvalue weighted by Gasteiger charge is -2.56. The molecule has 0 saturated carbocycles. The second-order valence-electron chi connectivity index (χ2n) is 5.91. The van der Waals surface area contributed by atoms with Crippen LogP contribution in [0, 0.1) is 0 Å². The van der Waals surface area contributed by atoms with Crippen molar-refractivity contribution in [3.05, 3.63) is 0 Å². The van der Waals surface area contributed by atoms with Gasteiger partial charge in [0, 0.05) is 38.1 Å². The Kier molecular flexibility index (Phi) is 2.65. The number of nitrogens with zero attached hydrogens (tertiary/aromatic N) is 2. The van der Waals surface area contributed by atoms with Crippen molar-refractivity contribution in [1.82, 2.24) is 9.80 Å². The van der Waals surface area contributed by atoms with Crippen molar-refractivity contribution < 1.29 is 9.53 Å². The van der Waals surface area contributed by atoms with Crippen molar-refractivity contribution in [2.75, 3.05) is 26.2 Å². The van der Waals surface area contributed by atoms with Gasteiger partial charge in [-0.15, -0.1) is 0 Å². The van der Waals surface area contributed by atoms with Gasteiger partial charge in [-0.2, -0.15) is 0 Å². The van der Waals surface area contributed by atoms with Crippen LogP contribution in [0.2, 0.25) is 0 Å². The lowest BCUT2D eigenvalue weighted by molar-refractivity contribution is -0.160. The Morgan fingerprint density at radius 2 is 2.00 bits per heavy atom. The SMILES string of the molecule is CCN1CCC2(CN(C(C)(C)C)C2)OC1=O. The van der Waals surface area contributed by atoms with Crippen LogP contribution in [0.4, 0.5) is 4.79 Å². The molecule has 4 nitrogen and oxygen atoms in total. The van der Waals surface area contributed by atoms with E-state index in [2.05, 4.69) is 25.7 Å². The Morgan fingerprint density at radius 1 is 1.38 bits per heavy atom. The molecule has 0 unspecified atom stereocenters. The zero-order valence-electron chi connectivity index (χ0n) is 10.7. The maximum atomic E-state index is 11.7. The van der Waals surface area contributed by atoms with Gasteiger partial charge in [-0.05, 0) is 27.7 Å². The minimum Gasteiger partial charge on any atom is -0.440 e. The van der Waals surface area contributed by atoms with Crippen LogP contribution in [0.3, 0.4) is 0 Å². The summed E-state index contributed by atoms with van der Waals surface area (Å²) in [5, 5.41) is 0. The molecule has 2 saturated heterocycles. The van der Waals surface area contributed by atoms with Gasteiger partial charge in [0.1, 0.15) is 5.60 Å². The standard InChI is InChI=1S/C12H22N2O2/c1-5-13-7-6-12(16-10(13)15)8-14(9-12)11(2,3)4/h5-9H2,1-4H3. The molecule has 0 aromatic carbocycles. The van der Waals surface area contributed by atoms with E-state index in [1.807, 2.05) is 6.92 Å². The van der Waals surface area contributed by atoms with E-state index in [9.17, 15) is 4.79 Å². The number of carbonyl (C=O) groups excluding carboxylic acids is 1. The maximum Gasteiger partial charge on any atom is 0.410 e. The summed E-state index contributed by atoms with van der Waals surface area (Å²) in [4.78, 5) is 15.8. The molecule has 0 bridgehead atoms. The molecular formula is C12H22N2O2. The summed E-state index contributed by atoms with van der Waals surface area (Å²) in [5.74, 6) is 0. The molecule has 0 N–H and O–H groups in total. The third kappa shape index (κ3) is 1.90. The first-order valence-corrected chi connectivity index (χ1v) is 6.09. The van der Waals surface area contributed by atoms with E-state index in [0.717, 1.165) is 32.6 Å². The van der Waals surface area contributed by atoms with Crippen LogP contribution < -0.4 is 0 Å². The van der Waals surface area contributed by atoms with E-state index in [1.165, 1.54) is 0 Å². The van der Waals surface area contributed by atoms with Crippen LogP contribution in [0.25, 0.3) is 0 Å². The molecule has 2 heterocycles. The first kappa shape index (κ1) is 11.7. The lowest BCUT2D eigenvalue weighted by atomic mass is 9.84. The summed E-state index contributed by atoms with van der Waals surface area (Å²) in [6, 6.07) is 0. The van der Waals surface area contributed by atoms with Gasteiger partial charge < -0.3 is 9.64 Å². The number of carbonyl (C=O) groups is 1. The summed E-state index contributed by atoms with van der Waals surface area (Å²) >= 11 is 0. The maximum absolute atomic E-state index is 11.7. The predicted octanol–water partition coefficient (Wildman–Crippen LogP) is 1.70. The molecule has 16 heavy (non-hydrogen) atoms. The molecule has 2 aliphatic rings. The van der Waals surface area contributed by atoms with Crippen molar-refractivity contribution in [3.8, 4) is 0 Å². The normalized spacial score (nSPS) is 25.5. The Hall–Kier alpha value is -0.770. The molecule has 0 radical (unpaired) electrons. The van der Waals surface area contributed by atoms with Gasteiger partial charge >= 0.3 is 6.09 Å². The van der Waals surface area contributed by atoms with Gasteiger partial charge in [0.25, 0.3) is 0 Å². The van der Waals surface area contributed by atoms with Crippen molar-refractivity contribution >= 4 is 6.09 Å². The van der Waals surface area contributed by atoms with Crippen molar-refractivity contribution in [3.63, 3.8) is 0 Å². The molecule has 2 rings (SSSR count). The minimum absolute atomic E-state index is 0.137. The zero-order valence-corrected chi connectivity index (χ0v) is 10.7. The topological polar surface area (TPSA) is 32.8 Å². The van der Waals surface area contributed by atoms with Crippen molar-refractivity contribution in [2.24, 2.45) is 0 Å². The first-order chi connectivity index (χ1) is 7.36. The lowest BCUT2D eigenvalue weighted by Crippen LogP contribution is -2.71. The number of ether oxygens (including phenoxy) is 1. The Labute approximate surface area is 97.5 Å². The number of hydrogen-bond donors (Lipinski definition) is 0. The van der Waals surface area contributed by atoms with Gasteiger partial charge in [0.05, 0.1) is 0 Å². The Balaban J connectivity index is 1.93. The summed E-state index contributed by atoms with van der Waals surface area (Å²) in [6.07, 6.45) is 0.835. The quantitative estimate of drug-likeness (QED) is 0.682.